The molecular weight excluding hydrogens is 148 g/mol. The lowest BCUT2D eigenvalue weighted by molar-refractivity contribution is 0.179. The lowest BCUT2D eigenvalue weighted by atomic mass is 9.92. The van der Waals surface area contributed by atoms with Crippen molar-refractivity contribution in [2.75, 3.05) is 0 Å². The molecule has 12 heavy (non-hydrogen) atoms. The molecule has 0 aliphatic heterocycles. The van der Waals surface area contributed by atoms with Gasteiger partial charge in [0.2, 0.25) is 0 Å². The summed E-state index contributed by atoms with van der Waals surface area (Å²) in [5, 5.41) is 9.60. The van der Waals surface area contributed by atoms with Crippen LogP contribution in [0.5, 0.6) is 0 Å². The maximum atomic E-state index is 9.60. The molecule has 0 heterocycles. The van der Waals surface area contributed by atoms with Crippen LogP contribution in [-0.2, 0) is 0 Å². The number of hydrogen-bond acceptors (Lipinski definition) is 1. The number of hydrogen-bond donors (Lipinski definition) is 1. The number of aliphatic hydroxyl groups excluding tert-OH is 1. The Morgan fingerprint density at radius 2 is 2.33 bits per heavy atom. The third kappa shape index (κ3) is 2.51. The lowest BCUT2D eigenvalue weighted by Crippen LogP contribution is -2.14. The van der Waals surface area contributed by atoms with E-state index in [0.29, 0.717) is 0 Å². The first-order valence-electron chi connectivity index (χ1n) is 4.87. The predicted octanol–water partition coefficient (Wildman–Crippen LogP) is 2.80. The maximum absolute atomic E-state index is 9.60. The molecule has 1 nitrogen and oxygen atoms in total. The lowest BCUT2D eigenvalue weighted by Gasteiger charge is -2.18. The van der Waals surface area contributed by atoms with Crippen molar-refractivity contribution in [1.82, 2.24) is 0 Å². The minimum atomic E-state index is -0.208. The standard InChI is InChI=1S/C11H18O/c1-3-9(2)8-10-6-4-5-7-11(10)12/h11-12H,3-7H2,1-2H3/t8?,11-/m0/s1. The third-order valence-corrected chi connectivity index (χ3v) is 2.48. The van der Waals surface area contributed by atoms with Gasteiger partial charge in [0.25, 0.3) is 0 Å². The second-order valence-electron chi connectivity index (χ2n) is 3.55. The summed E-state index contributed by atoms with van der Waals surface area (Å²) in [4.78, 5) is 0. The molecule has 0 radical (unpaired) electrons. The Balaban J connectivity index is 2.77. The normalized spacial score (nSPS) is 23.6. The predicted molar refractivity (Wildman–Crippen MR) is 51.0 cm³/mol. The van der Waals surface area contributed by atoms with Gasteiger partial charge in [-0.25, -0.2) is 0 Å². The van der Waals surface area contributed by atoms with E-state index >= 15 is 0 Å². The summed E-state index contributed by atoms with van der Waals surface area (Å²) in [7, 11) is 0. The summed E-state index contributed by atoms with van der Waals surface area (Å²) >= 11 is 0. The zero-order valence-corrected chi connectivity index (χ0v) is 8.06. The molecule has 68 valence electrons. The van der Waals surface area contributed by atoms with Gasteiger partial charge in [0.1, 0.15) is 0 Å². The molecule has 1 aliphatic rings. The van der Waals surface area contributed by atoms with Crippen molar-refractivity contribution in [3.05, 3.63) is 16.9 Å². The molecular formula is C11H18O. The number of rotatable bonds is 1. The van der Waals surface area contributed by atoms with Crippen molar-refractivity contribution >= 4 is 0 Å². The van der Waals surface area contributed by atoms with Crippen molar-refractivity contribution in [1.29, 1.82) is 0 Å². The Labute approximate surface area is 74.8 Å². The average Bonchev–Trinajstić information content (AvgIpc) is 2.09. The van der Waals surface area contributed by atoms with Crippen LogP contribution in [-0.4, -0.2) is 11.2 Å². The van der Waals surface area contributed by atoms with E-state index in [0.717, 1.165) is 31.3 Å². The Bertz CT molecular complexity index is 209. The van der Waals surface area contributed by atoms with E-state index in [-0.39, 0.29) is 6.10 Å². The summed E-state index contributed by atoms with van der Waals surface area (Å²) < 4.78 is 0. The summed E-state index contributed by atoms with van der Waals surface area (Å²) in [6.07, 6.45) is 5.18. The van der Waals surface area contributed by atoms with E-state index in [4.69, 9.17) is 0 Å². The monoisotopic (exact) mass is 166 g/mol. The second-order valence-corrected chi connectivity index (χ2v) is 3.55. The summed E-state index contributed by atoms with van der Waals surface area (Å²) in [6, 6.07) is 0. The fraction of sp³-hybridized carbons (Fsp3) is 0.727. The molecule has 0 amide bonds. The topological polar surface area (TPSA) is 20.2 Å². The van der Waals surface area contributed by atoms with Gasteiger partial charge in [-0.15, -0.1) is 5.73 Å². The molecule has 1 heteroatoms. The highest BCUT2D eigenvalue weighted by atomic mass is 16.3. The van der Waals surface area contributed by atoms with Gasteiger partial charge in [-0.2, -0.15) is 0 Å². The Hall–Kier alpha value is -0.520. The zero-order valence-electron chi connectivity index (χ0n) is 8.06. The van der Waals surface area contributed by atoms with Crippen LogP contribution in [0, 0.1) is 0 Å². The zero-order chi connectivity index (χ0) is 8.97. The van der Waals surface area contributed by atoms with Crippen molar-refractivity contribution in [3.8, 4) is 0 Å². The van der Waals surface area contributed by atoms with E-state index in [1.807, 2.05) is 0 Å². The molecule has 1 saturated carbocycles. The van der Waals surface area contributed by atoms with E-state index < -0.39 is 0 Å². The van der Waals surface area contributed by atoms with Crippen LogP contribution in [0.3, 0.4) is 0 Å². The van der Waals surface area contributed by atoms with E-state index in [1.54, 1.807) is 0 Å². The van der Waals surface area contributed by atoms with Crippen molar-refractivity contribution < 1.29 is 5.11 Å². The van der Waals surface area contributed by atoms with Gasteiger partial charge in [-0.3, -0.25) is 0 Å². The van der Waals surface area contributed by atoms with Gasteiger partial charge in [0.05, 0.1) is 6.10 Å². The molecule has 0 saturated heterocycles. The number of aliphatic hydroxyl groups is 1. The fourth-order valence-electron chi connectivity index (χ4n) is 1.50. The van der Waals surface area contributed by atoms with Gasteiger partial charge in [0, 0.05) is 5.57 Å². The molecule has 0 aromatic heterocycles. The maximum Gasteiger partial charge on any atom is 0.0823 e. The van der Waals surface area contributed by atoms with Gasteiger partial charge in [0.15, 0.2) is 0 Å². The molecule has 1 fully saturated rings. The molecule has 1 aliphatic carbocycles. The van der Waals surface area contributed by atoms with E-state index in [9.17, 15) is 5.11 Å². The van der Waals surface area contributed by atoms with Crippen LogP contribution >= 0.6 is 0 Å². The van der Waals surface area contributed by atoms with Gasteiger partial charge in [-0.05, 0) is 38.2 Å². The fourth-order valence-corrected chi connectivity index (χ4v) is 1.50. The quantitative estimate of drug-likeness (QED) is 0.594. The minimum absolute atomic E-state index is 0.208. The smallest absolute Gasteiger partial charge is 0.0823 e. The molecule has 0 bridgehead atoms. The average molecular weight is 166 g/mol. The first kappa shape index (κ1) is 9.57. The Kier molecular flexibility index (Phi) is 3.58. The van der Waals surface area contributed by atoms with Crippen molar-refractivity contribution in [3.63, 3.8) is 0 Å². The van der Waals surface area contributed by atoms with Crippen LogP contribution in [0.1, 0.15) is 46.0 Å². The first-order chi connectivity index (χ1) is 5.74. The minimum Gasteiger partial charge on any atom is -0.388 e. The largest absolute Gasteiger partial charge is 0.388 e. The summed E-state index contributed by atoms with van der Waals surface area (Å²) in [5.41, 5.74) is 5.68. The molecule has 1 atom stereocenters. The van der Waals surface area contributed by atoms with E-state index in [1.165, 1.54) is 12.0 Å². The summed E-state index contributed by atoms with van der Waals surface area (Å²) in [6.45, 7) is 4.20. The Morgan fingerprint density at radius 1 is 1.58 bits per heavy atom. The van der Waals surface area contributed by atoms with Crippen molar-refractivity contribution in [2.24, 2.45) is 0 Å². The molecule has 1 rings (SSSR count). The Morgan fingerprint density at radius 3 is 2.92 bits per heavy atom. The van der Waals surface area contributed by atoms with Crippen LogP contribution in [0.25, 0.3) is 0 Å². The van der Waals surface area contributed by atoms with E-state index in [2.05, 4.69) is 19.6 Å². The SMILES string of the molecule is CCC(C)=C=C1CCCC[C@@H]1O. The first-order valence-corrected chi connectivity index (χ1v) is 4.87. The van der Waals surface area contributed by atoms with Crippen LogP contribution in [0.4, 0.5) is 0 Å². The molecule has 0 spiro atoms. The third-order valence-electron chi connectivity index (χ3n) is 2.48. The van der Waals surface area contributed by atoms with Gasteiger partial charge < -0.3 is 5.11 Å². The second kappa shape index (κ2) is 4.49. The van der Waals surface area contributed by atoms with Crippen molar-refractivity contribution in [2.45, 2.75) is 52.1 Å². The van der Waals surface area contributed by atoms with Crippen LogP contribution in [0.2, 0.25) is 0 Å². The highest BCUT2D eigenvalue weighted by Gasteiger charge is 2.14. The molecule has 0 aromatic carbocycles. The van der Waals surface area contributed by atoms with Crippen LogP contribution < -0.4 is 0 Å². The molecule has 1 N–H and O–H groups in total. The highest BCUT2D eigenvalue weighted by Crippen LogP contribution is 2.23. The van der Waals surface area contributed by atoms with Crippen LogP contribution in [0.15, 0.2) is 16.9 Å². The molecule has 0 aromatic rings. The summed E-state index contributed by atoms with van der Waals surface area (Å²) in [5.74, 6) is 0. The van der Waals surface area contributed by atoms with Gasteiger partial charge in [-0.1, -0.05) is 13.3 Å². The van der Waals surface area contributed by atoms with Gasteiger partial charge >= 0.3 is 0 Å². The highest BCUT2D eigenvalue weighted by molar-refractivity contribution is 5.13. The molecule has 0 unspecified atom stereocenters.